The van der Waals surface area contributed by atoms with Gasteiger partial charge in [-0.3, -0.25) is 14.7 Å². The van der Waals surface area contributed by atoms with E-state index in [9.17, 15) is 27.6 Å². The Labute approximate surface area is 209 Å². The number of aromatic nitrogens is 3. The van der Waals surface area contributed by atoms with Crippen molar-refractivity contribution in [1.29, 1.82) is 0 Å². The predicted octanol–water partition coefficient (Wildman–Crippen LogP) is 5.34. The van der Waals surface area contributed by atoms with E-state index in [4.69, 9.17) is 27.9 Å². The molecule has 0 spiro atoms. The van der Waals surface area contributed by atoms with Crippen molar-refractivity contribution in [2.24, 2.45) is 0 Å². The Morgan fingerprint density at radius 1 is 1.15 bits per heavy atom. The lowest BCUT2D eigenvalue weighted by Gasteiger charge is -2.22. The Morgan fingerprint density at radius 2 is 1.82 bits per heavy atom. The predicted molar refractivity (Wildman–Crippen MR) is 125 cm³/mol. The van der Waals surface area contributed by atoms with Crippen LogP contribution < -0.4 is 11.0 Å². The number of H-pyrrole nitrogens is 1. The molecule has 3 aromatic rings. The van der Waals surface area contributed by atoms with E-state index >= 15 is 0 Å². The van der Waals surface area contributed by atoms with Gasteiger partial charge in [0.1, 0.15) is 11.3 Å². The van der Waals surface area contributed by atoms with Gasteiger partial charge < -0.3 is 9.30 Å². The average Bonchev–Trinajstić information content (AvgIpc) is 3.14. The fraction of sp³-hybridized carbons (Fsp3) is 0.286. The Morgan fingerprint density at radius 3 is 2.35 bits per heavy atom. The molecule has 2 aromatic heterocycles. The van der Waals surface area contributed by atoms with Crippen LogP contribution in [0.5, 0.6) is 0 Å². The van der Waals surface area contributed by atoms with Crippen LogP contribution in [0.1, 0.15) is 35.6 Å². The zero-order valence-corrected chi connectivity index (χ0v) is 20.8. The number of carbonyl (C=O) groups is 1. The highest BCUT2D eigenvalue weighted by atomic mass is 79.9. The van der Waals surface area contributed by atoms with Crippen LogP contribution in [0.15, 0.2) is 38.3 Å². The van der Waals surface area contributed by atoms with Gasteiger partial charge in [-0.1, -0.05) is 29.3 Å². The minimum atomic E-state index is -4.76. The summed E-state index contributed by atoms with van der Waals surface area (Å²) in [7, 11) is 0. The molecule has 0 amide bonds. The van der Waals surface area contributed by atoms with E-state index < -0.39 is 35.4 Å². The largest absolute Gasteiger partial charge is 0.462 e. The number of aromatic amines is 1. The molecule has 0 atom stereocenters. The van der Waals surface area contributed by atoms with Crippen molar-refractivity contribution in [1.82, 2.24) is 14.3 Å². The molecule has 0 saturated heterocycles. The molecule has 0 radical (unpaired) electrons. The average molecular weight is 583 g/mol. The van der Waals surface area contributed by atoms with E-state index in [-0.39, 0.29) is 44.6 Å². The fourth-order valence-corrected chi connectivity index (χ4v) is 4.26. The van der Waals surface area contributed by atoms with Crippen LogP contribution in [-0.4, -0.2) is 26.9 Å². The van der Waals surface area contributed by atoms with Crippen molar-refractivity contribution >= 4 is 45.1 Å². The number of rotatable bonds is 6. The van der Waals surface area contributed by atoms with Crippen LogP contribution in [0.3, 0.4) is 0 Å². The van der Waals surface area contributed by atoms with Crippen molar-refractivity contribution in [2.45, 2.75) is 33.1 Å². The van der Waals surface area contributed by atoms with Gasteiger partial charge in [-0.15, -0.1) is 0 Å². The standard InChI is InChI=1S/C21H17BrCl2F3N3O4/c1-3-29-13(9-30-15(31)8-14(28-30)21(25,26)27)17(22)19(32)16(20(33)34-4-2)18(29)10-5-6-11(23)12(24)7-10/h5-8,28H,3-4,9H2,1-2H3. The number of hydrogen-bond acceptors (Lipinski definition) is 4. The lowest BCUT2D eigenvalue weighted by Crippen LogP contribution is -2.29. The van der Waals surface area contributed by atoms with E-state index in [0.29, 0.717) is 11.6 Å². The molecular formula is C21H17BrCl2F3N3O4. The van der Waals surface area contributed by atoms with Crippen molar-refractivity contribution in [3.8, 4) is 11.3 Å². The number of benzene rings is 1. The van der Waals surface area contributed by atoms with E-state index in [0.717, 1.165) is 4.68 Å². The third-order valence-electron chi connectivity index (χ3n) is 4.90. The third-order valence-corrected chi connectivity index (χ3v) is 6.46. The molecule has 0 fully saturated rings. The van der Waals surface area contributed by atoms with Crippen LogP contribution in [0.4, 0.5) is 13.2 Å². The fourth-order valence-electron chi connectivity index (χ4n) is 3.42. The maximum absolute atomic E-state index is 13.3. The molecule has 0 unspecified atom stereocenters. The summed E-state index contributed by atoms with van der Waals surface area (Å²) in [5, 5.41) is 2.41. The lowest BCUT2D eigenvalue weighted by atomic mass is 10.0. The lowest BCUT2D eigenvalue weighted by molar-refractivity contribution is -0.141. The van der Waals surface area contributed by atoms with Crippen LogP contribution in [0.2, 0.25) is 10.0 Å². The third kappa shape index (κ3) is 4.96. The Bertz CT molecular complexity index is 1380. The molecule has 182 valence electrons. The number of halogens is 6. The summed E-state index contributed by atoms with van der Waals surface area (Å²) in [4.78, 5) is 38.2. The number of pyridine rings is 1. The number of nitrogens with zero attached hydrogens (tertiary/aromatic N) is 2. The molecule has 0 saturated carbocycles. The first-order valence-corrected chi connectivity index (χ1v) is 11.4. The first-order chi connectivity index (χ1) is 15.9. The van der Waals surface area contributed by atoms with E-state index in [1.165, 1.54) is 22.8 Å². The Hall–Kier alpha value is -2.50. The number of nitrogens with one attached hydrogen (secondary N) is 1. The summed E-state index contributed by atoms with van der Waals surface area (Å²) in [6, 6.07) is 4.90. The van der Waals surface area contributed by atoms with Crippen molar-refractivity contribution in [3.63, 3.8) is 0 Å². The second-order valence-electron chi connectivity index (χ2n) is 7.00. The quantitative estimate of drug-likeness (QED) is 0.398. The molecule has 7 nitrogen and oxygen atoms in total. The van der Waals surface area contributed by atoms with Crippen molar-refractivity contribution < 1.29 is 22.7 Å². The van der Waals surface area contributed by atoms with Gasteiger partial charge in [-0.2, -0.15) is 13.2 Å². The van der Waals surface area contributed by atoms with Gasteiger partial charge in [0.15, 0.2) is 0 Å². The minimum Gasteiger partial charge on any atom is -0.462 e. The molecule has 0 aliphatic heterocycles. The van der Waals surface area contributed by atoms with Gasteiger partial charge in [0.25, 0.3) is 5.56 Å². The minimum absolute atomic E-state index is 0.00265. The first-order valence-electron chi connectivity index (χ1n) is 9.85. The Kier molecular flexibility index (Phi) is 7.69. The molecule has 13 heteroatoms. The maximum Gasteiger partial charge on any atom is 0.432 e. The highest BCUT2D eigenvalue weighted by Gasteiger charge is 2.34. The van der Waals surface area contributed by atoms with Gasteiger partial charge in [0.2, 0.25) is 5.43 Å². The van der Waals surface area contributed by atoms with Crippen molar-refractivity contribution in [2.75, 3.05) is 6.61 Å². The Balaban J connectivity index is 2.34. The van der Waals surface area contributed by atoms with Gasteiger partial charge >= 0.3 is 12.1 Å². The molecule has 3 rings (SSSR count). The molecular weight excluding hydrogens is 566 g/mol. The molecule has 0 aliphatic rings. The highest BCUT2D eigenvalue weighted by Crippen LogP contribution is 2.33. The van der Waals surface area contributed by atoms with Gasteiger partial charge in [-0.05, 0) is 41.9 Å². The smallest absolute Gasteiger partial charge is 0.432 e. The van der Waals surface area contributed by atoms with Gasteiger partial charge in [-0.25, -0.2) is 9.48 Å². The van der Waals surface area contributed by atoms with E-state index in [1.807, 2.05) is 5.10 Å². The zero-order valence-electron chi connectivity index (χ0n) is 17.7. The normalized spacial score (nSPS) is 11.6. The molecule has 0 aliphatic carbocycles. The molecule has 0 bridgehead atoms. The summed E-state index contributed by atoms with van der Waals surface area (Å²) >= 11 is 15.3. The zero-order chi connectivity index (χ0) is 25.4. The summed E-state index contributed by atoms with van der Waals surface area (Å²) in [6.07, 6.45) is -4.76. The van der Waals surface area contributed by atoms with Gasteiger partial charge in [0, 0.05) is 18.2 Å². The number of ether oxygens (including phenoxy) is 1. The topological polar surface area (TPSA) is 86.1 Å². The molecule has 1 N–H and O–H groups in total. The SMILES string of the molecule is CCOC(=O)c1c(-c2ccc(Cl)c(Cl)c2)n(CC)c(Cn2[nH]c(C(F)(F)F)cc2=O)c(Br)c1=O. The summed E-state index contributed by atoms with van der Waals surface area (Å²) < 4.78 is 46.4. The van der Waals surface area contributed by atoms with Crippen molar-refractivity contribution in [3.05, 3.63) is 76.3 Å². The summed E-state index contributed by atoms with van der Waals surface area (Å²) in [5.74, 6) is -0.889. The number of carbonyl (C=O) groups excluding carboxylic acids is 1. The van der Waals surface area contributed by atoms with Gasteiger partial charge in [0.05, 0.1) is 39.1 Å². The number of hydrogen-bond donors (Lipinski definition) is 1. The molecule has 34 heavy (non-hydrogen) atoms. The van der Waals surface area contributed by atoms with Crippen LogP contribution in [-0.2, 0) is 24.0 Å². The molecule has 1 aromatic carbocycles. The summed E-state index contributed by atoms with van der Waals surface area (Å²) in [5.41, 5.74) is -2.60. The number of alkyl halides is 3. The molecule has 2 heterocycles. The summed E-state index contributed by atoms with van der Waals surface area (Å²) in [6.45, 7) is 3.04. The second-order valence-corrected chi connectivity index (χ2v) is 8.61. The maximum atomic E-state index is 13.3. The second kappa shape index (κ2) is 10.0. The van der Waals surface area contributed by atoms with Crippen LogP contribution in [0, 0.1) is 0 Å². The van der Waals surface area contributed by atoms with Crippen LogP contribution >= 0.6 is 39.1 Å². The van der Waals surface area contributed by atoms with Crippen LogP contribution in [0.25, 0.3) is 11.3 Å². The number of esters is 1. The monoisotopic (exact) mass is 581 g/mol. The highest BCUT2D eigenvalue weighted by molar-refractivity contribution is 9.10. The van der Waals surface area contributed by atoms with E-state index in [2.05, 4.69) is 15.9 Å². The van der Waals surface area contributed by atoms with E-state index in [1.54, 1.807) is 13.8 Å². The first kappa shape index (κ1) is 26.1.